The first kappa shape index (κ1) is 23.1. The molecule has 0 saturated carbocycles. The smallest absolute Gasteiger partial charge is 0.235 e. The number of aryl methyl sites for hydroxylation is 1. The number of hydrogen-bond acceptors (Lipinski definition) is 1. The van der Waals surface area contributed by atoms with E-state index in [9.17, 15) is 4.79 Å². The highest BCUT2D eigenvalue weighted by atomic mass is 16.2. The molecule has 0 fully saturated rings. The molecule has 1 aliphatic carbocycles. The lowest BCUT2D eigenvalue weighted by Gasteiger charge is -2.31. The van der Waals surface area contributed by atoms with E-state index in [2.05, 4.69) is 122 Å². The van der Waals surface area contributed by atoms with Crippen molar-refractivity contribution >= 4 is 5.91 Å². The van der Waals surface area contributed by atoms with Gasteiger partial charge in [0.05, 0.1) is 0 Å². The molecule has 4 aromatic rings. The Hall–Kier alpha value is -3.65. The largest absolute Gasteiger partial charge is 0.351 e. The normalized spacial score (nSPS) is 13.3. The Kier molecular flexibility index (Phi) is 6.55. The molecule has 2 heteroatoms. The number of nitrogens with one attached hydrogen (secondary N) is 1. The summed E-state index contributed by atoms with van der Waals surface area (Å²) in [6.45, 7) is 4.93. The van der Waals surface area contributed by atoms with Crippen molar-refractivity contribution in [3.63, 3.8) is 0 Å². The van der Waals surface area contributed by atoms with Gasteiger partial charge in [0.1, 0.15) is 5.41 Å². The molecule has 1 amide bonds. The molecular weight excluding hydrogens is 426 g/mol. The van der Waals surface area contributed by atoms with E-state index in [1.54, 1.807) is 0 Å². The highest BCUT2D eigenvalue weighted by molar-refractivity contribution is 6.00. The second kappa shape index (κ2) is 9.92. The van der Waals surface area contributed by atoms with Crippen LogP contribution in [0.1, 0.15) is 60.4 Å². The molecule has 0 aromatic heterocycles. The molecule has 0 spiro atoms. The lowest BCUT2D eigenvalue weighted by molar-refractivity contribution is -0.125. The van der Waals surface area contributed by atoms with Gasteiger partial charge in [-0.3, -0.25) is 4.79 Å². The summed E-state index contributed by atoms with van der Waals surface area (Å²) >= 11 is 0. The average molecular weight is 460 g/mol. The Morgan fingerprint density at radius 3 is 1.89 bits per heavy atom. The third-order valence-corrected chi connectivity index (χ3v) is 7.41. The summed E-state index contributed by atoms with van der Waals surface area (Å²) in [5, 5.41) is 3.32. The van der Waals surface area contributed by atoms with E-state index >= 15 is 0 Å². The zero-order valence-corrected chi connectivity index (χ0v) is 20.6. The third-order valence-electron chi connectivity index (χ3n) is 7.41. The standard InChI is InChI=1S/C33H33NO/c1-24(2)27-20-18-26(19-21-27)23-34-32(35)33(22-10-13-25-11-4-3-5-12-25)30-16-8-6-14-28(30)29-15-7-9-17-31(29)33/h3-9,11-12,14-21,24H,10,13,22-23H2,1-2H3,(H,34,35). The summed E-state index contributed by atoms with van der Waals surface area (Å²) in [6, 6.07) is 36.1. The zero-order valence-electron chi connectivity index (χ0n) is 20.6. The molecule has 0 aliphatic heterocycles. The molecule has 176 valence electrons. The van der Waals surface area contributed by atoms with Crippen molar-refractivity contribution in [3.05, 3.63) is 131 Å². The maximum Gasteiger partial charge on any atom is 0.235 e. The molecule has 0 atom stereocenters. The molecule has 0 heterocycles. The fraction of sp³-hybridized carbons (Fsp3) is 0.242. The van der Waals surface area contributed by atoms with E-state index in [0.717, 1.165) is 36.0 Å². The Bertz CT molecular complexity index is 1260. The van der Waals surface area contributed by atoms with Crippen molar-refractivity contribution in [2.45, 2.75) is 51.0 Å². The average Bonchev–Trinajstić information content (AvgIpc) is 3.19. The SMILES string of the molecule is CC(C)c1ccc(CNC(=O)C2(CCCc3ccccc3)c3ccccc3-c3ccccc32)cc1. The van der Waals surface area contributed by atoms with E-state index in [4.69, 9.17) is 0 Å². The summed E-state index contributed by atoms with van der Waals surface area (Å²) in [5.74, 6) is 0.592. The Balaban J connectivity index is 1.46. The first-order valence-electron chi connectivity index (χ1n) is 12.7. The first-order chi connectivity index (χ1) is 17.1. The number of benzene rings is 4. The van der Waals surface area contributed by atoms with Crippen molar-refractivity contribution in [2.75, 3.05) is 0 Å². The highest BCUT2D eigenvalue weighted by Gasteiger charge is 2.48. The van der Waals surface area contributed by atoms with Crippen molar-refractivity contribution in [3.8, 4) is 11.1 Å². The minimum Gasteiger partial charge on any atom is -0.351 e. The van der Waals surface area contributed by atoms with Crippen LogP contribution in [-0.2, 0) is 23.2 Å². The van der Waals surface area contributed by atoms with E-state index in [-0.39, 0.29) is 5.91 Å². The molecule has 1 aliphatic rings. The van der Waals surface area contributed by atoms with Gasteiger partial charge in [-0.25, -0.2) is 0 Å². The van der Waals surface area contributed by atoms with Gasteiger partial charge in [0, 0.05) is 6.54 Å². The second-order valence-electron chi connectivity index (χ2n) is 9.91. The quantitative estimate of drug-likeness (QED) is 0.292. The molecule has 0 saturated heterocycles. The lowest BCUT2D eigenvalue weighted by Crippen LogP contribution is -2.44. The first-order valence-corrected chi connectivity index (χ1v) is 12.7. The predicted molar refractivity (Wildman–Crippen MR) is 144 cm³/mol. The Morgan fingerprint density at radius 2 is 1.29 bits per heavy atom. The zero-order chi connectivity index (χ0) is 24.3. The van der Waals surface area contributed by atoms with Crippen molar-refractivity contribution in [1.82, 2.24) is 5.32 Å². The van der Waals surface area contributed by atoms with Gasteiger partial charge in [-0.1, -0.05) is 117 Å². The predicted octanol–water partition coefficient (Wildman–Crippen LogP) is 7.42. The summed E-state index contributed by atoms with van der Waals surface area (Å²) < 4.78 is 0. The van der Waals surface area contributed by atoms with Crippen molar-refractivity contribution in [2.24, 2.45) is 0 Å². The number of carbonyl (C=O) groups excluding carboxylic acids is 1. The maximum absolute atomic E-state index is 14.2. The van der Waals surface area contributed by atoms with E-state index < -0.39 is 5.41 Å². The van der Waals surface area contributed by atoms with E-state index in [1.165, 1.54) is 22.3 Å². The van der Waals surface area contributed by atoms with Crippen molar-refractivity contribution < 1.29 is 4.79 Å². The number of fused-ring (bicyclic) bond motifs is 3. The molecule has 1 N–H and O–H groups in total. The van der Waals surface area contributed by atoms with Crippen LogP contribution in [0.4, 0.5) is 0 Å². The van der Waals surface area contributed by atoms with Crippen LogP contribution in [0.2, 0.25) is 0 Å². The van der Waals surface area contributed by atoms with Gasteiger partial charge in [0.2, 0.25) is 5.91 Å². The van der Waals surface area contributed by atoms with Crippen LogP contribution in [-0.4, -0.2) is 5.91 Å². The highest BCUT2D eigenvalue weighted by Crippen LogP contribution is 2.51. The van der Waals surface area contributed by atoms with Crippen LogP contribution >= 0.6 is 0 Å². The molecule has 2 nitrogen and oxygen atoms in total. The summed E-state index contributed by atoms with van der Waals surface area (Å²) in [5.41, 5.74) is 7.69. The molecule has 0 unspecified atom stereocenters. The maximum atomic E-state index is 14.2. The topological polar surface area (TPSA) is 29.1 Å². The van der Waals surface area contributed by atoms with Gasteiger partial charge >= 0.3 is 0 Å². The Morgan fingerprint density at radius 1 is 0.714 bits per heavy atom. The van der Waals surface area contributed by atoms with Crippen LogP contribution in [0.25, 0.3) is 11.1 Å². The minimum absolute atomic E-state index is 0.0934. The fourth-order valence-electron chi connectivity index (χ4n) is 5.51. The van der Waals surface area contributed by atoms with Gasteiger partial charge in [0.25, 0.3) is 0 Å². The molecule has 0 radical (unpaired) electrons. The molecule has 4 aromatic carbocycles. The molecular formula is C33H33NO. The van der Waals surface area contributed by atoms with Gasteiger partial charge in [0.15, 0.2) is 0 Å². The fourth-order valence-corrected chi connectivity index (χ4v) is 5.51. The number of amides is 1. The number of rotatable bonds is 8. The molecule has 35 heavy (non-hydrogen) atoms. The summed E-state index contributed by atoms with van der Waals surface area (Å²) in [6.07, 6.45) is 2.66. The van der Waals surface area contributed by atoms with Gasteiger partial charge in [-0.05, 0) is 64.1 Å². The summed E-state index contributed by atoms with van der Waals surface area (Å²) in [7, 11) is 0. The summed E-state index contributed by atoms with van der Waals surface area (Å²) in [4.78, 5) is 14.2. The number of carbonyl (C=O) groups is 1. The van der Waals surface area contributed by atoms with Crippen LogP contribution in [0.5, 0.6) is 0 Å². The van der Waals surface area contributed by atoms with E-state index in [1.807, 2.05) is 0 Å². The Labute approximate surface area is 209 Å². The van der Waals surface area contributed by atoms with Crippen LogP contribution in [0.15, 0.2) is 103 Å². The van der Waals surface area contributed by atoms with Crippen LogP contribution < -0.4 is 5.32 Å². The van der Waals surface area contributed by atoms with Gasteiger partial charge < -0.3 is 5.32 Å². The van der Waals surface area contributed by atoms with Crippen LogP contribution in [0.3, 0.4) is 0 Å². The second-order valence-corrected chi connectivity index (χ2v) is 9.91. The van der Waals surface area contributed by atoms with Gasteiger partial charge in [-0.2, -0.15) is 0 Å². The molecule has 5 rings (SSSR count). The minimum atomic E-state index is -0.681. The number of hydrogen-bond donors (Lipinski definition) is 1. The monoisotopic (exact) mass is 459 g/mol. The van der Waals surface area contributed by atoms with E-state index in [0.29, 0.717) is 12.5 Å². The van der Waals surface area contributed by atoms with Crippen molar-refractivity contribution in [1.29, 1.82) is 0 Å². The molecule has 0 bridgehead atoms. The lowest BCUT2D eigenvalue weighted by atomic mass is 9.73. The third kappa shape index (κ3) is 4.41. The van der Waals surface area contributed by atoms with Gasteiger partial charge in [-0.15, -0.1) is 0 Å². The van der Waals surface area contributed by atoms with Crippen LogP contribution in [0, 0.1) is 0 Å².